The average Bonchev–Trinajstić information content (AvgIpc) is 0.925. The van der Waals surface area contributed by atoms with Crippen molar-refractivity contribution in [3.8, 4) is 0 Å². The number of rotatable bonds is 78. The summed E-state index contributed by atoms with van der Waals surface area (Å²) in [7, 11) is -9.92. The fourth-order valence-corrected chi connectivity index (χ4v) is 13.9. The Bertz CT molecular complexity index is 1960. The fraction of sp³-hybridized carbons (Fsp3) is 0.951. The molecular weight excluding hydrogens is 1310 g/mol. The van der Waals surface area contributed by atoms with Crippen molar-refractivity contribution in [2.75, 3.05) is 39.6 Å². The number of hydrogen-bond donors (Lipinski definition) is 3. The third kappa shape index (κ3) is 70.4. The second-order valence-corrected chi connectivity index (χ2v) is 33.3. The highest BCUT2D eigenvalue weighted by Crippen LogP contribution is 2.45. The monoisotopic (exact) mass is 1470 g/mol. The number of phosphoric ester groups is 2. The van der Waals surface area contributed by atoms with Crippen molar-refractivity contribution in [1.29, 1.82) is 0 Å². The molecule has 0 saturated carbocycles. The summed E-state index contributed by atoms with van der Waals surface area (Å²) in [4.78, 5) is 73.0. The topological polar surface area (TPSA) is 237 Å². The number of carbonyl (C=O) groups is 4. The van der Waals surface area contributed by atoms with Gasteiger partial charge in [-0.1, -0.05) is 364 Å². The minimum absolute atomic E-state index is 0.104. The summed E-state index contributed by atoms with van der Waals surface area (Å²) in [5.41, 5.74) is 0. The molecular formula is C81H158O17P2. The first-order valence-corrected chi connectivity index (χ1v) is 44.8. The quantitative estimate of drug-likeness (QED) is 0.0222. The van der Waals surface area contributed by atoms with Crippen molar-refractivity contribution in [2.45, 2.75) is 433 Å². The summed E-state index contributed by atoms with van der Waals surface area (Å²) in [5, 5.41) is 10.6. The van der Waals surface area contributed by atoms with Gasteiger partial charge in [0.05, 0.1) is 26.4 Å². The van der Waals surface area contributed by atoms with E-state index in [9.17, 15) is 43.2 Å². The summed E-state index contributed by atoms with van der Waals surface area (Å²) in [6, 6.07) is 0. The van der Waals surface area contributed by atoms with Crippen LogP contribution in [0.5, 0.6) is 0 Å². The van der Waals surface area contributed by atoms with Crippen molar-refractivity contribution in [1.82, 2.24) is 0 Å². The van der Waals surface area contributed by atoms with Crippen LogP contribution in [-0.4, -0.2) is 96.7 Å². The minimum Gasteiger partial charge on any atom is -0.462 e. The zero-order chi connectivity index (χ0) is 73.8. The number of carbonyl (C=O) groups excluding carboxylic acids is 4. The molecule has 0 spiro atoms. The normalized spacial score (nSPS) is 14.8. The van der Waals surface area contributed by atoms with Crippen molar-refractivity contribution < 1.29 is 80.2 Å². The molecule has 100 heavy (non-hydrogen) atoms. The third-order valence-corrected chi connectivity index (χ3v) is 21.8. The summed E-state index contributed by atoms with van der Waals surface area (Å²) >= 11 is 0. The van der Waals surface area contributed by atoms with Crippen LogP contribution in [-0.2, 0) is 65.4 Å². The van der Waals surface area contributed by atoms with E-state index >= 15 is 0 Å². The predicted molar refractivity (Wildman–Crippen MR) is 409 cm³/mol. The van der Waals surface area contributed by atoms with Crippen molar-refractivity contribution in [2.24, 2.45) is 23.7 Å². The van der Waals surface area contributed by atoms with Gasteiger partial charge in [-0.15, -0.1) is 0 Å². The molecule has 0 aliphatic carbocycles. The van der Waals surface area contributed by atoms with E-state index in [0.29, 0.717) is 25.7 Å². The van der Waals surface area contributed by atoms with Gasteiger partial charge in [0.15, 0.2) is 12.2 Å². The van der Waals surface area contributed by atoms with Crippen molar-refractivity contribution in [3.05, 3.63) is 0 Å². The number of unbranched alkanes of at least 4 members (excludes halogenated alkanes) is 41. The Balaban J connectivity index is 5.22. The molecule has 0 aromatic carbocycles. The van der Waals surface area contributed by atoms with Crippen LogP contribution in [0.3, 0.4) is 0 Å². The van der Waals surface area contributed by atoms with Crippen LogP contribution in [0.4, 0.5) is 0 Å². The number of hydrogen-bond acceptors (Lipinski definition) is 15. The standard InChI is InChI=1S/C81H158O17P2/c1-9-72(6)58-50-42-34-28-24-20-16-14-12-13-15-17-21-26-30-37-47-55-63-80(85)97-76(67-91-78(83)61-53-45-36-29-25-22-18-19-23-27-33-41-49-57-71(4)5)69-95-99(87,88)93-65-75(82)66-94-100(89,90)96-70-77(68-92-79(84)62-54-46-40-39-44-52-60-74(8)11-3)98-81(86)64-56-48-38-32-31-35-43-51-59-73(7)10-2/h71-77,82H,9-70H2,1-8H3,(H,87,88)(H,89,90)/t72?,73?,74?,75-,76-,77-/m1/s1. The molecule has 0 aliphatic heterocycles. The Kier molecular flexibility index (Phi) is 68.7. The van der Waals surface area contributed by atoms with Gasteiger partial charge in [-0.05, 0) is 49.4 Å². The highest BCUT2D eigenvalue weighted by molar-refractivity contribution is 7.47. The van der Waals surface area contributed by atoms with E-state index in [1.165, 1.54) is 212 Å². The molecule has 0 rings (SSSR count). The highest BCUT2D eigenvalue weighted by atomic mass is 31.2. The molecule has 0 aliphatic rings. The van der Waals surface area contributed by atoms with Gasteiger partial charge >= 0.3 is 39.5 Å². The summed E-state index contributed by atoms with van der Waals surface area (Å²) < 4.78 is 68.7. The van der Waals surface area contributed by atoms with Crippen LogP contribution in [0, 0.1) is 23.7 Å². The van der Waals surface area contributed by atoms with Gasteiger partial charge in [0.1, 0.15) is 19.3 Å². The van der Waals surface area contributed by atoms with E-state index in [1.807, 2.05) is 0 Å². The molecule has 8 atom stereocenters. The zero-order valence-corrected chi connectivity index (χ0v) is 67.6. The molecule has 0 bridgehead atoms. The lowest BCUT2D eigenvalue weighted by Gasteiger charge is -2.21. The molecule has 19 heteroatoms. The van der Waals surface area contributed by atoms with Gasteiger partial charge in [-0.25, -0.2) is 9.13 Å². The van der Waals surface area contributed by atoms with E-state index in [2.05, 4.69) is 55.4 Å². The van der Waals surface area contributed by atoms with Gasteiger partial charge in [-0.3, -0.25) is 37.3 Å². The first-order valence-electron chi connectivity index (χ1n) is 41.8. The molecule has 5 unspecified atom stereocenters. The second kappa shape index (κ2) is 70.1. The van der Waals surface area contributed by atoms with Gasteiger partial charge in [0.25, 0.3) is 0 Å². The van der Waals surface area contributed by atoms with E-state index in [1.54, 1.807) is 0 Å². The van der Waals surface area contributed by atoms with Gasteiger partial charge in [0.2, 0.25) is 0 Å². The zero-order valence-electron chi connectivity index (χ0n) is 65.8. The summed E-state index contributed by atoms with van der Waals surface area (Å²) in [5.74, 6) is 1.05. The van der Waals surface area contributed by atoms with E-state index < -0.39 is 97.5 Å². The number of ether oxygens (including phenoxy) is 4. The Hall–Kier alpha value is -1.94. The Labute approximate surface area is 613 Å². The molecule has 0 saturated heterocycles. The molecule has 0 aromatic rings. The second-order valence-electron chi connectivity index (χ2n) is 30.4. The smallest absolute Gasteiger partial charge is 0.462 e. The van der Waals surface area contributed by atoms with Crippen LogP contribution < -0.4 is 0 Å². The lowest BCUT2D eigenvalue weighted by Crippen LogP contribution is -2.30. The molecule has 0 fully saturated rings. The minimum atomic E-state index is -4.96. The molecule has 0 radical (unpaired) electrons. The van der Waals surface area contributed by atoms with Crippen LogP contribution in [0.25, 0.3) is 0 Å². The largest absolute Gasteiger partial charge is 0.472 e. The summed E-state index contributed by atoms with van der Waals surface area (Å²) in [6.07, 6.45) is 56.9. The molecule has 3 N–H and O–H groups in total. The predicted octanol–water partition coefficient (Wildman–Crippen LogP) is 24.0. The van der Waals surface area contributed by atoms with Crippen molar-refractivity contribution >= 4 is 39.5 Å². The van der Waals surface area contributed by atoms with Crippen LogP contribution in [0.15, 0.2) is 0 Å². The molecule has 0 heterocycles. The van der Waals surface area contributed by atoms with Gasteiger partial charge < -0.3 is 33.8 Å². The first-order chi connectivity index (χ1) is 48.2. The van der Waals surface area contributed by atoms with Gasteiger partial charge in [0, 0.05) is 25.7 Å². The van der Waals surface area contributed by atoms with E-state index in [-0.39, 0.29) is 25.7 Å². The Morgan fingerprint density at radius 3 is 0.710 bits per heavy atom. The maximum Gasteiger partial charge on any atom is 0.472 e. The summed E-state index contributed by atoms with van der Waals surface area (Å²) in [6.45, 7) is 14.3. The molecule has 594 valence electrons. The number of aliphatic hydroxyl groups excluding tert-OH is 1. The van der Waals surface area contributed by atoms with Crippen LogP contribution in [0.2, 0.25) is 0 Å². The Morgan fingerprint density at radius 1 is 0.280 bits per heavy atom. The van der Waals surface area contributed by atoms with Crippen LogP contribution >= 0.6 is 15.6 Å². The van der Waals surface area contributed by atoms with Gasteiger partial charge in [-0.2, -0.15) is 0 Å². The average molecular weight is 1470 g/mol. The number of phosphoric acid groups is 2. The third-order valence-electron chi connectivity index (χ3n) is 19.9. The maximum absolute atomic E-state index is 13.1. The fourth-order valence-electron chi connectivity index (χ4n) is 12.3. The maximum atomic E-state index is 13.1. The van der Waals surface area contributed by atoms with E-state index in [4.69, 9.17) is 37.0 Å². The SMILES string of the molecule is CCC(C)CCCCCCCCCCCCCCCCCCCCC(=O)O[C@H](COC(=O)CCCCCCCCCCCCCCCC(C)C)COP(=O)(O)OC[C@@H](O)COP(=O)(O)OC[C@@H](COC(=O)CCCCCCCCC(C)CC)OC(=O)CCCCCCCCCCC(C)CC. The van der Waals surface area contributed by atoms with Crippen molar-refractivity contribution in [3.63, 3.8) is 0 Å². The van der Waals surface area contributed by atoms with E-state index in [0.717, 1.165) is 120 Å². The molecule has 0 aromatic heterocycles. The lowest BCUT2D eigenvalue weighted by atomic mass is 9.99. The lowest BCUT2D eigenvalue weighted by molar-refractivity contribution is -0.161. The Morgan fingerprint density at radius 2 is 0.480 bits per heavy atom. The first kappa shape index (κ1) is 98.1. The highest BCUT2D eigenvalue weighted by Gasteiger charge is 2.30. The number of aliphatic hydroxyl groups is 1. The number of esters is 4. The molecule has 0 amide bonds. The van der Waals surface area contributed by atoms with Crippen LogP contribution in [0.1, 0.15) is 415 Å². The molecule has 17 nitrogen and oxygen atoms in total.